The van der Waals surface area contributed by atoms with E-state index in [0.717, 1.165) is 125 Å². The molecule has 6 heteroatoms. The van der Waals surface area contributed by atoms with Crippen LogP contribution in [0.15, 0.2) is 182 Å². The summed E-state index contributed by atoms with van der Waals surface area (Å²) in [6.45, 7) is 9.34. The number of Topliss-reactive ketones (excluding diaryl/α,β-unsaturated/α-hetero) is 2. The highest BCUT2D eigenvalue weighted by atomic mass is 79.9. The Morgan fingerprint density at radius 2 is 0.419 bits per heavy atom. The van der Waals surface area contributed by atoms with E-state index in [1.807, 2.05) is 36.4 Å². The summed E-state index contributed by atoms with van der Waals surface area (Å²) in [5.74, 6) is 1.70. The minimum atomic E-state index is 0.0302. The third kappa shape index (κ3) is 16.0. The molecule has 0 amide bonds. The molecular formula is C80H86Br4O2. The summed E-state index contributed by atoms with van der Waals surface area (Å²) in [7, 11) is 0. The number of unbranched alkanes of at least 4 members (excludes halogenated alkanes) is 8. The second kappa shape index (κ2) is 32.8. The molecule has 4 unspecified atom stereocenters. The third-order valence-corrected chi connectivity index (χ3v) is 20.4. The second-order valence-corrected chi connectivity index (χ2v) is 27.4. The molecular weight excluding hydrogens is 1310 g/mol. The van der Waals surface area contributed by atoms with Gasteiger partial charge in [-0.05, 0) is 142 Å². The van der Waals surface area contributed by atoms with Gasteiger partial charge in [-0.2, -0.15) is 0 Å². The Kier molecular flexibility index (Phi) is 24.9. The van der Waals surface area contributed by atoms with Crippen LogP contribution in [-0.4, -0.2) is 32.9 Å². The summed E-state index contributed by atoms with van der Waals surface area (Å²) in [4.78, 5) is 31.7. The number of ketones is 2. The first-order valence-corrected chi connectivity index (χ1v) is 36.5. The monoisotopic (exact) mass is 1390 g/mol. The molecule has 0 spiro atoms. The normalized spacial score (nSPS) is 15.1. The van der Waals surface area contributed by atoms with Gasteiger partial charge >= 0.3 is 0 Å². The molecule has 0 heterocycles. The summed E-state index contributed by atoms with van der Waals surface area (Å²) in [6, 6.07) is 65.4. The van der Waals surface area contributed by atoms with Crippen molar-refractivity contribution in [3.05, 3.63) is 249 Å². The van der Waals surface area contributed by atoms with Crippen molar-refractivity contribution in [1.82, 2.24) is 0 Å². The molecule has 2 nitrogen and oxygen atoms in total. The van der Waals surface area contributed by atoms with Crippen LogP contribution in [-0.2, 0) is 9.59 Å². The van der Waals surface area contributed by atoms with Crippen LogP contribution in [0.4, 0.5) is 0 Å². The van der Waals surface area contributed by atoms with Crippen molar-refractivity contribution in [3.63, 3.8) is 0 Å². The average Bonchev–Trinajstić information content (AvgIpc) is 1.72. The average molecular weight is 1400 g/mol. The van der Waals surface area contributed by atoms with Gasteiger partial charge in [-0.15, -0.1) is 0 Å². The number of carbonyl (C=O) groups is 2. The van der Waals surface area contributed by atoms with Gasteiger partial charge in [0.25, 0.3) is 0 Å². The predicted octanol–water partition coefficient (Wildman–Crippen LogP) is 24.1. The fraction of sp³-hybridized carbons (Fsp3) is 0.350. The van der Waals surface area contributed by atoms with E-state index in [1.54, 1.807) is 0 Å². The molecule has 2 aliphatic carbocycles. The van der Waals surface area contributed by atoms with Crippen LogP contribution in [0, 0.1) is 0 Å². The lowest BCUT2D eigenvalue weighted by molar-refractivity contribution is -0.109. The number of hydrogen-bond donors (Lipinski definition) is 0. The van der Waals surface area contributed by atoms with Crippen molar-refractivity contribution in [3.8, 4) is 0 Å². The minimum absolute atomic E-state index is 0.0302. The van der Waals surface area contributed by atoms with Gasteiger partial charge in [0.2, 0.25) is 0 Å². The Labute approximate surface area is 549 Å². The number of benzene rings is 7. The van der Waals surface area contributed by atoms with Gasteiger partial charge in [-0.1, -0.05) is 325 Å². The van der Waals surface area contributed by atoms with Crippen LogP contribution in [0.5, 0.6) is 0 Å². The number of allylic oxidation sites excluding steroid dienone is 8. The van der Waals surface area contributed by atoms with Crippen molar-refractivity contribution in [2.24, 2.45) is 0 Å². The Morgan fingerprint density at radius 1 is 0.233 bits per heavy atom. The fourth-order valence-electron chi connectivity index (χ4n) is 12.9. The first-order valence-electron chi connectivity index (χ1n) is 32.0. The highest BCUT2D eigenvalue weighted by Gasteiger charge is 2.38. The minimum Gasteiger partial charge on any atom is -0.289 e. The Balaban J connectivity index is 1.22. The molecule has 7 aromatic rings. The summed E-state index contributed by atoms with van der Waals surface area (Å²) in [6.07, 6.45) is 18.9. The second-order valence-electron chi connectivity index (χ2n) is 24.2. The standard InChI is InChI=1S/C80H86Br4O2/c1-55(23-11-7-19-51-81)59-31-39-65(40-32-59)71-73(77(79(85)75(71)63-27-15-5-16-28-63)69-43-35-61(36-44-69)57(3)25-13-9-21-53-83)67-47-49-68(50-48-67)74-72(66-41-33-60(34-42-66)56(2)24-12-8-20-52-82)76(64-29-17-6-18-30-64)80(86)78(74)70-45-37-62(38-46-70)58(4)26-14-10-22-54-84/h5-6,15-18,27-50,55-58H,7-14,19-26,51-54H2,1-4H3. The van der Waals surface area contributed by atoms with E-state index in [9.17, 15) is 0 Å². The zero-order valence-corrected chi connectivity index (χ0v) is 57.4. The number of rotatable bonds is 32. The Bertz CT molecular complexity index is 3230. The highest BCUT2D eigenvalue weighted by molar-refractivity contribution is 9.09. The van der Waals surface area contributed by atoms with Gasteiger partial charge in [0.1, 0.15) is 0 Å². The van der Waals surface area contributed by atoms with E-state index in [2.05, 4.69) is 237 Å². The van der Waals surface area contributed by atoms with Crippen molar-refractivity contribution >= 4 is 120 Å². The molecule has 0 aromatic heterocycles. The SMILES string of the molecule is CC(CCCCCBr)c1ccc(C2=C(c3ccc(C4=C(c5ccc(C(C)CCCCCBr)cc5)C(=O)C(c5ccccc5)=C4c4ccc(C(C)CCCCCBr)cc4)cc3)C(c3ccc(C(C)CCCCCBr)cc3)=C(c3ccccc3)C2=O)cc1. The van der Waals surface area contributed by atoms with Crippen LogP contribution in [0.2, 0.25) is 0 Å². The van der Waals surface area contributed by atoms with Crippen molar-refractivity contribution in [2.45, 2.75) is 154 Å². The number of halogens is 4. The summed E-state index contributed by atoms with van der Waals surface area (Å²) < 4.78 is 0. The van der Waals surface area contributed by atoms with E-state index >= 15 is 9.59 Å². The van der Waals surface area contributed by atoms with Gasteiger partial charge in [0, 0.05) is 65.9 Å². The summed E-state index contributed by atoms with van der Waals surface area (Å²) >= 11 is 14.5. The van der Waals surface area contributed by atoms with E-state index in [1.165, 1.54) is 99.3 Å². The lowest BCUT2D eigenvalue weighted by atomic mass is 9.85. The van der Waals surface area contributed by atoms with Crippen LogP contribution in [0.1, 0.15) is 221 Å². The number of hydrogen-bond acceptors (Lipinski definition) is 2. The zero-order valence-electron chi connectivity index (χ0n) is 51.1. The maximum absolute atomic E-state index is 15.8. The Hall–Kier alpha value is -5.24. The maximum atomic E-state index is 15.8. The predicted molar refractivity (Wildman–Crippen MR) is 385 cm³/mol. The number of carbonyl (C=O) groups excluding carboxylic acids is 2. The number of alkyl halides is 4. The van der Waals surface area contributed by atoms with E-state index in [-0.39, 0.29) is 11.6 Å². The first-order chi connectivity index (χ1) is 42.1. The smallest absolute Gasteiger partial charge is 0.195 e. The molecule has 7 aromatic carbocycles. The summed E-state index contributed by atoms with van der Waals surface area (Å²) in [5.41, 5.74) is 19.4. The van der Waals surface area contributed by atoms with Gasteiger partial charge < -0.3 is 0 Å². The molecule has 4 atom stereocenters. The molecule has 0 radical (unpaired) electrons. The fourth-order valence-corrected chi connectivity index (χ4v) is 14.5. The van der Waals surface area contributed by atoms with Gasteiger partial charge in [-0.25, -0.2) is 0 Å². The molecule has 0 bridgehead atoms. The third-order valence-electron chi connectivity index (χ3n) is 18.2. The van der Waals surface area contributed by atoms with Crippen molar-refractivity contribution in [1.29, 1.82) is 0 Å². The molecule has 9 rings (SSSR count). The molecule has 2 aliphatic rings. The molecule has 0 fully saturated rings. The van der Waals surface area contributed by atoms with E-state index in [0.29, 0.717) is 34.8 Å². The molecule has 86 heavy (non-hydrogen) atoms. The maximum Gasteiger partial charge on any atom is 0.195 e. The largest absolute Gasteiger partial charge is 0.289 e. The van der Waals surface area contributed by atoms with Crippen LogP contribution >= 0.6 is 63.7 Å². The molecule has 0 aliphatic heterocycles. The molecule has 446 valence electrons. The van der Waals surface area contributed by atoms with Gasteiger partial charge in [0.15, 0.2) is 11.6 Å². The quantitative estimate of drug-likeness (QED) is 0.0311. The zero-order chi connectivity index (χ0) is 60.4. The van der Waals surface area contributed by atoms with Crippen LogP contribution < -0.4 is 0 Å². The van der Waals surface area contributed by atoms with Gasteiger partial charge in [0.05, 0.1) is 0 Å². The topological polar surface area (TPSA) is 34.1 Å². The molecule has 0 saturated carbocycles. The van der Waals surface area contributed by atoms with E-state index < -0.39 is 0 Å². The Morgan fingerprint density at radius 3 is 0.628 bits per heavy atom. The first kappa shape index (κ1) is 65.2. The van der Waals surface area contributed by atoms with Crippen molar-refractivity contribution in [2.75, 3.05) is 21.3 Å². The lowest BCUT2D eigenvalue weighted by Crippen LogP contribution is -2.03. The highest BCUT2D eigenvalue weighted by Crippen LogP contribution is 2.53. The van der Waals surface area contributed by atoms with Crippen LogP contribution in [0.3, 0.4) is 0 Å². The van der Waals surface area contributed by atoms with Gasteiger partial charge in [-0.3, -0.25) is 9.59 Å². The van der Waals surface area contributed by atoms with Crippen LogP contribution in [0.25, 0.3) is 44.6 Å². The van der Waals surface area contributed by atoms with Crippen molar-refractivity contribution < 1.29 is 9.59 Å². The van der Waals surface area contributed by atoms with E-state index in [4.69, 9.17) is 0 Å². The molecule has 0 N–H and O–H groups in total. The lowest BCUT2D eigenvalue weighted by Gasteiger charge is -2.18. The molecule has 0 saturated heterocycles. The summed E-state index contributed by atoms with van der Waals surface area (Å²) in [5, 5.41) is 4.16.